The molecule has 3 aromatic heterocycles. The van der Waals surface area contributed by atoms with E-state index in [0.717, 1.165) is 42.3 Å². The van der Waals surface area contributed by atoms with Gasteiger partial charge in [-0.15, -0.1) is 0 Å². The predicted octanol–water partition coefficient (Wildman–Crippen LogP) is 2.98. The van der Waals surface area contributed by atoms with Crippen LogP contribution in [0, 0.1) is 6.92 Å². The van der Waals surface area contributed by atoms with E-state index in [0.29, 0.717) is 18.3 Å². The quantitative estimate of drug-likeness (QED) is 0.733. The van der Waals surface area contributed by atoms with Crippen LogP contribution in [0.2, 0.25) is 0 Å². The van der Waals surface area contributed by atoms with Gasteiger partial charge in [-0.25, -0.2) is 9.67 Å². The molecule has 24 heavy (non-hydrogen) atoms. The fourth-order valence-electron chi connectivity index (χ4n) is 3.47. The topological polar surface area (TPSA) is 78.9 Å². The van der Waals surface area contributed by atoms with Crippen LogP contribution in [0.25, 0.3) is 11.0 Å². The molecule has 1 saturated carbocycles. The summed E-state index contributed by atoms with van der Waals surface area (Å²) in [6.07, 6.45) is 9.02. The molecule has 1 aliphatic carbocycles. The summed E-state index contributed by atoms with van der Waals surface area (Å²) < 4.78 is 13.0. The highest BCUT2D eigenvalue weighted by Gasteiger charge is 2.38. The molecule has 3 aromatic rings. The van der Waals surface area contributed by atoms with E-state index < -0.39 is 5.60 Å². The van der Waals surface area contributed by atoms with Crippen molar-refractivity contribution in [3.63, 3.8) is 0 Å². The molecule has 4 rings (SSSR count). The van der Waals surface area contributed by atoms with Gasteiger partial charge in [0.2, 0.25) is 11.7 Å². The highest BCUT2D eigenvalue weighted by atomic mass is 16.5. The first-order valence-corrected chi connectivity index (χ1v) is 8.37. The van der Waals surface area contributed by atoms with Crippen molar-refractivity contribution in [2.45, 2.75) is 51.2 Å². The predicted molar refractivity (Wildman–Crippen MR) is 87.4 cm³/mol. The Labute approximate surface area is 140 Å². The minimum absolute atomic E-state index is 0.401. The van der Waals surface area contributed by atoms with Gasteiger partial charge in [-0.3, -0.25) is 0 Å². The van der Waals surface area contributed by atoms with E-state index >= 15 is 0 Å². The lowest BCUT2D eigenvalue weighted by Crippen LogP contribution is -2.32. The van der Waals surface area contributed by atoms with Gasteiger partial charge < -0.3 is 9.26 Å². The normalized spacial score (nSPS) is 17.4. The van der Waals surface area contributed by atoms with Crippen LogP contribution < -0.4 is 0 Å². The van der Waals surface area contributed by atoms with Crippen LogP contribution in [0.3, 0.4) is 0 Å². The first kappa shape index (κ1) is 15.3. The summed E-state index contributed by atoms with van der Waals surface area (Å²) in [7, 11) is 1.73. The number of hydrogen-bond donors (Lipinski definition) is 0. The molecule has 0 bridgehead atoms. The van der Waals surface area contributed by atoms with E-state index in [1.165, 1.54) is 6.42 Å². The number of rotatable bonds is 4. The Hall–Kier alpha value is -2.28. The summed E-state index contributed by atoms with van der Waals surface area (Å²) >= 11 is 0. The lowest BCUT2D eigenvalue weighted by Gasteiger charge is -2.32. The van der Waals surface area contributed by atoms with Crippen LogP contribution in [-0.4, -0.2) is 32.0 Å². The first-order valence-electron chi connectivity index (χ1n) is 8.37. The number of pyridine rings is 1. The van der Waals surface area contributed by atoms with Crippen LogP contribution >= 0.6 is 0 Å². The zero-order valence-electron chi connectivity index (χ0n) is 14.0. The second-order valence-corrected chi connectivity index (χ2v) is 6.50. The van der Waals surface area contributed by atoms with Crippen molar-refractivity contribution in [3.8, 4) is 0 Å². The number of aryl methyl sites for hydroxylation is 1. The Morgan fingerprint density at radius 2 is 2.08 bits per heavy atom. The second-order valence-electron chi connectivity index (χ2n) is 6.50. The van der Waals surface area contributed by atoms with Crippen LogP contribution in [0.5, 0.6) is 0 Å². The largest absolute Gasteiger partial charge is 0.370 e. The fraction of sp³-hybridized carbons (Fsp3) is 0.529. The van der Waals surface area contributed by atoms with Gasteiger partial charge in [0.15, 0.2) is 5.65 Å². The third kappa shape index (κ3) is 2.58. The zero-order chi connectivity index (χ0) is 16.6. The summed E-state index contributed by atoms with van der Waals surface area (Å²) in [5, 5.41) is 9.58. The molecule has 0 atom stereocenters. The fourth-order valence-corrected chi connectivity index (χ4v) is 3.47. The average molecular weight is 327 g/mol. The zero-order valence-corrected chi connectivity index (χ0v) is 14.0. The van der Waals surface area contributed by atoms with E-state index in [2.05, 4.69) is 26.3 Å². The molecule has 0 N–H and O–H groups in total. The van der Waals surface area contributed by atoms with Crippen molar-refractivity contribution in [3.05, 3.63) is 35.7 Å². The van der Waals surface area contributed by atoms with Gasteiger partial charge >= 0.3 is 0 Å². The monoisotopic (exact) mass is 327 g/mol. The van der Waals surface area contributed by atoms with E-state index in [9.17, 15) is 0 Å². The second kappa shape index (κ2) is 5.98. The maximum Gasteiger partial charge on any atom is 0.248 e. The van der Waals surface area contributed by atoms with E-state index in [-0.39, 0.29) is 0 Å². The number of fused-ring (bicyclic) bond motifs is 1. The van der Waals surface area contributed by atoms with Crippen LogP contribution in [0.1, 0.15) is 49.4 Å². The summed E-state index contributed by atoms with van der Waals surface area (Å²) in [5.74, 6) is 1.18. The molecule has 7 heteroatoms. The Morgan fingerprint density at radius 1 is 1.25 bits per heavy atom. The standard InChI is InChI=1S/C17H21N5O2/c1-12-8-13-10-19-22(15(13)18-9-12)11-14-20-16(21-24-14)17(23-2)6-4-3-5-7-17/h8-10H,3-7,11H2,1-2H3. The van der Waals surface area contributed by atoms with Gasteiger partial charge in [0.05, 0.1) is 6.20 Å². The summed E-state index contributed by atoms with van der Waals surface area (Å²) in [6, 6.07) is 2.06. The molecular weight excluding hydrogens is 306 g/mol. The Balaban J connectivity index is 1.60. The van der Waals surface area contributed by atoms with E-state index in [1.807, 2.05) is 19.3 Å². The number of ether oxygens (including phenoxy) is 1. The maximum absolute atomic E-state index is 5.78. The van der Waals surface area contributed by atoms with Crippen molar-refractivity contribution in [1.82, 2.24) is 24.9 Å². The van der Waals surface area contributed by atoms with Crippen molar-refractivity contribution in [2.24, 2.45) is 0 Å². The molecule has 126 valence electrons. The molecule has 0 radical (unpaired) electrons. The Bertz CT molecular complexity index is 848. The smallest absolute Gasteiger partial charge is 0.248 e. The molecule has 0 aromatic carbocycles. The summed E-state index contributed by atoms with van der Waals surface area (Å²) in [4.78, 5) is 9.03. The minimum atomic E-state index is -0.401. The number of hydrogen-bond acceptors (Lipinski definition) is 6. The molecule has 7 nitrogen and oxygen atoms in total. The molecular formula is C17H21N5O2. The average Bonchev–Trinajstić information content (AvgIpc) is 3.23. The molecule has 0 amide bonds. The first-order chi connectivity index (χ1) is 11.7. The number of aromatic nitrogens is 5. The summed E-state index contributed by atoms with van der Waals surface area (Å²) in [5.41, 5.74) is 1.53. The lowest BCUT2D eigenvalue weighted by atomic mass is 9.84. The Kier molecular flexibility index (Phi) is 3.80. The highest BCUT2D eigenvalue weighted by molar-refractivity contribution is 5.74. The van der Waals surface area contributed by atoms with E-state index in [1.54, 1.807) is 11.8 Å². The van der Waals surface area contributed by atoms with Crippen molar-refractivity contribution in [1.29, 1.82) is 0 Å². The van der Waals surface area contributed by atoms with Gasteiger partial charge in [0.1, 0.15) is 12.1 Å². The Morgan fingerprint density at radius 3 is 2.88 bits per heavy atom. The molecule has 1 fully saturated rings. The third-order valence-corrected chi connectivity index (χ3v) is 4.83. The van der Waals surface area contributed by atoms with Gasteiger partial charge in [-0.05, 0) is 31.4 Å². The third-order valence-electron chi connectivity index (χ3n) is 4.83. The molecule has 3 heterocycles. The minimum Gasteiger partial charge on any atom is -0.370 e. The molecule has 0 saturated heterocycles. The number of methoxy groups -OCH3 is 1. The number of nitrogens with zero attached hydrogens (tertiary/aromatic N) is 5. The molecule has 0 aliphatic heterocycles. The van der Waals surface area contributed by atoms with Crippen molar-refractivity contribution in [2.75, 3.05) is 7.11 Å². The van der Waals surface area contributed by atoms with Crippen molar-refractivity contribution < 1.29 is 9.26 Å². The summed E-state index contributed by atoms with van der Waals surface area (Å²) in [6.45, 7) is 2.43. The van der Waals surface area contributed by atoms with Gasteiger partial charge in [-0.1, -0.05) is 24.4 Å². The van der Waals surface area contributed by atoms with Crippen LogP contribution in [-0.2, 0) is 16.9 Å². The molecule has 0 unspecified atom stereocenters. The van der Waals surface area contributed by atoms with Gasteiger partial charge in [0, 0.05) is 18.7 Å². The van der Waals surface area contributed by atoms with Crippen LogP contribution in [0.4, 0.5) is 0 Å². The maximum atomic E-state index is 5.78. The van der Waals surface area contributed by atoms with E-state index in [4.69, 9.17) is 9.26 Å². The molecule has 1 aliphatic rings. The van der Waals surface area contributed by atoms with Crippen LogP contribution in [0.15, 0.2) is 23.0 Å². The SMILES string of the molecule is COC1(c2noc(Cn3ncc4cc(C)cnc43)n2)CCCCC1. The molecule has 0 spiro atoms. The van der Waals surface area contributed by atoms with Gasteiger partial charge in [-0.2, -0.15) is 10.1 Å². The lowest BCUT2D eigenvalue weighted by molar-refractivity contribution is -0.0527. The highest BCUT2D eigenvalue weighted by Crippen LogP contribution is 2.38. The van der Waals surface area contributed by atoms with Crippen molar-refractivity contribution >= 4 is 11.0 Å². The van der Waals surface area contributed by atoms with Gasteiger partial charge in [0.25, 0.3) is 0 Å².